The van der Waals surface area contributed by atoms with Gasteiger partial charge in [-0.15, -0.1) is 0 Å². The molecule has 0 amide bonds. The number of hydrogen-bond donors (Lipinski definition) is 0. The minimum absolute atomic E-state index is 0. The van der Waals surface area contributed by atoms with E-state index in [1.165, 1.54) is 8.87 Å². The second-order valence-corrected chi connectivity index (χ2v) is 6.42. The maximum Gasteiger partial charge on any atom is -2.00 e. The first-order valence-electron chi connectivity index (χ1n) is 2.12. The Labute approximate surface area is 57.4 Å². The normalized spacial score (nSPS) is 5.67. The predicted octanol–water partition coefficient (Wildman–Crippen LogP) is 1.56. The van der Waals surface area contributed by atoms with E-state index in [0.29, 0.717) is 0 Å². The molecule has 0 nitrogen and oxygen atoms in total. The van der Waals surface area contributed by atoms with Crippen molar-refractivity contribution in [2.75, 3.05) is 0 Å². The smallest absolute Gasteiger partial charge is 2.00 e. The molecule has 0 aromatic carbocycles. The van der Waals surface area contributed by atoms with E-state index in [4.69, 9.17) is 0 Å². The van der Waals surface area contributed by atoms with Crippen LogP contribution < -0.4 is 0 Å². The molecule has 0 heterocycles. The van der Waals surface area contributed by atoms with Crippen LogP contribution in [0.4, 0.5) is 0 Å². The summed E-state index contributed by atoms with van der Waals surface area (Å²) in [7, 11) is 0. The van der Waals surface area contributed by atoms with Crippen molar-refractivity contribution in [2.24, 2.45) is 0 Å². The van der Waals surface area contributed by atoms with E-state index >= 15 is 0 Å². The number of hydrogen-bond acceptors (Lipinski definition) is 0. The second kappa shape index (κ2) is 9.47. The van der Waals surface area contributed by atoms with E-state index in [2.05, 4.69) is 13.8 Å². The van der Waals surface area contributed by atoms with Gasteiger partial charge in [-0.05, 0) is 0 Å². The molecule has 2 heteroatoms. The van der Waals surface area contributed by atoms with Gasteiger partial charge in [0.2, 0.25) is 0 Å². The summed E-state index contributed by atoms with van der Waals surface area (Å²) in [5.41, 5.74) is 0. The molecular formula is C4H10SSn. The molecule has 0 aliphatic rings. The summed E-state index contributed by atoms with van der Waals surface area (Å²) in [6.07, 6.45) is 0. The molecule has 0 aliphatic heterocycles. The Hall–Kier alpha value is 1.15. The maximum atomic E-state index is 2.29. The molecule has 0 unspecified atom stereocenters. The van der Waals surface area contributed by atoms with Gasteiger partial charge in [0.25, 0.3) is 0 Å². The Bertz CT molecular complexity index is 15.0. The monoisotopic (exact) mass is 210 g/mol. The minimum Gasteiger partial charge on any atom is -2.00 e. The Morgan fingerprint density at radius 1 is 1.17 bits per heavy atom. The summed E-state index contributed by atoms with van der Waals surface area (Å²) >= 11 is 0.218. The van der Waals surface area contributed by atoms with Gasteiger partial charge in [-0.2, -0.15) is 0 Å². The summed E-state index contributed by atoms with van der Waals surface area (Å²) in [6.45, 7) is 4.57. The molecule has 0 aromatic rings. The quantitative estimate of drug-likeness (QED) is 0.605. The fraction of sp³-hybridized carbons (Fsp3) is 1.00. The standard InChI is InChI=1S/2C2H5.S.Sn/c2*1-2;;/h2*1H2,2H3;;/q;;-2;+2. The molecule has 6 heavy (non-hydrogen) atoms. The average molecular weight is 209 g/mol. The van der Waals surface area contributed by atoms with E-state index in [0.717, 1.165) is 0 Å². The third kappa shape index (κ3) is 8.94. The second-order valence-electron chi connectivity index (χ2n) is 0.957. The van der Waals surface area contributed by atoms with Gasteiger partial charge in [0.1, 0.15) is 0 Å². The molecule has 0 bridgehead atoms. The van der Waals surface area contributed by atoms with Crippen LogP contribution in [0.5, 0.6) is 0 Å². The van der Waals surface area contributed by atoms with E-state index < -0.39 is 0 Å². The third-order valence-corrected chi connectivity index (χ3v) is 3.35. The molecule has 0 aromatic heterocycles. The molecule has 0 spiro atoms. The van der Waals surface area contributed by atoms with Crippen molar-refractivity contribution in [1.29, 1.82) is 0 Å². The van der Waals surface area contributed by atoms with Crippen LogP contribution in [-0.4, -0.2) is 21.1 Å². The van der Waals surface area contributed by atoms with E-state index in [-0.39, 0.29) is 34.6 Å². The predicted molar refractivity (Wildman–Crippen MR) is 34.1 cm³/mol. The first-order valence-corrected chi connectivity index (χ1v) is 6.16. The van der Waals surface area contributed by atoms with Crippen LogP contribution in [0.3, 0.4) is 0 Å². The van der Waals surface area contributed by atoms with Gasteiger partial charge in [0.05, 0.1) is 0 Å². The van der Waals surface area contributed by atoms with Gasteiger partial charge < -0.3 is 13.5 Å². The van der Waals surface area contributed by atoms with Crippen molar-refractivity contribution in [2.45, 2.75) is 22.7 Å². The summed E-state index contributed by atoms with van der Waals surface area (Å²) in [4.78, 5) is 0. The Balaban J connectivity index is 0. The molecule has 0 aliphatic carbocycles. The maximum absolute atomic E-state index is 2.29. The zero-order valence-electron chi connectivity index (χ0n) is 4.32. The Kier molecular flexibility index (Phi) is 16.1. The van der Waals surface area contributed by atoms with Gasteiger partial charge >= 0.3 is 43.9 Å². The number of rotatable bonds is 2. The Morgan fingerprint density at radius 2 is 1.50 bits per heavy atom. The largest absolute Gasteiger partial charge is 2.00 e. The van der Waals surface area contributed by atoms with Gasteiger partial charge in [0.15, 0.2) is 0 Å². The zero-order chi connectivity index (χ0) is 4.12. The first kappa shape index (κ1) is 10.2. The zero-order valence-corrected chi connectivity index (χ0v) is 7.99. The molecule has 0 radical (unpaired) electrons. The molecule has 0 saturated carbocycles. The first-order chi connectivity index (χ1) is 2.41. The van der Waals surface area contributed by atoms with Crippen LogP contribution in [0.15, 0.2) is 0 Å². The van der Waals surface area contributed by atoms with Crippen molar-refractivity contribution in [3.63, 3.8) is 0 Å². The van der Waals surface area contributed by atoms with Crippen molar-refractivity contribution in [3.8, 4) is 0 Å². The summed E-state index contributed by atoms with van der Waals surface area (Å²) in [5, 5.41) is 0. The van der Waals surface area contributed by atoms with Crippen LogP contribution in [0, 0.1) is 0 Å². The van der Waals surface area contributed by atoms with Gasteiger partial charge in [0, 0.05) is 0 Å². The van der Waals surface area contributed by atoms with Crippen molar-refractivity contribution in [1.82, 2.24) is 0 Å². The van der Waals surface area contributed by atoms with Crippen molar-refractivity contribution >= 4 is 34.6 Å². The van der Waals surface area contributed by atoms with Crippen LogP contribution >= 0.6 is 0 Å². The molecule has 0 N–H and O–H groups in total. The Morgan fingerprint density at radius 3 is 1.50 bits per heavy atom. The van der Waals surface area contributed by atoms with Gasteiger partial charge in [-0.3, -0.25) is 0 Å². The molecular weight excluding hydrogens is 199 g/mol. The summed E-state index contributed by atoms with van der Waals surface area (Å²) in [6, 6.07) is 0. The van der Waals surface area contributed by atoms with Crippen molar-refractivity contribution < 1.29 is 0 Å². The van der Waals surface area contributed by atoms with Gasteiger partial charge in [-0.1, -0.05) is 0 Å². The fourth-order valence-electron chi connectivity index (χ4n) is 0.250. The van der Waals surface area contributed by atoms with Crippen LogP contribution in [-0.2, 0) is 13.5 Å². The molecule has 0 rings (SSSR count). The SMILES string of the molecule is C[CH2][Sn+2][CH2]C.[S-2]. The molecule has 36 valence electrons. The van der Waals surface area contributed by atoms with Crippen LogP contribution in [0.2, 0.25) is 8.87 Å². The van der Waals surface area contributed by atoms with E-state index in [1.807, 2.05) is 0 Å². The molecule has 0 fully saturated rings. The summed E-state index contributed by atoms with van der Waals surface area (Å²) < 4.78 is 3.03. The fourth-order valence-corrected chi connectivity index (χ4v) is 1.68. The van der Waals surface area contributed by atoms with E-state index in [1.54, 1.807) is 0 Å². The van der Waals surface area contributed by atoms with Gasteiger partial charge in [-0.25, -0.2) is 0 Å². The molecule has 0 atom stereocenters. The minimum atomic E-state index is 0. The molecule has 0 saturated heterocycles. The van der Waals surface area contributed by atoms with E-state index in [9.17, 15) is 0 Å². The average Bonchev–Trinajstić information content (AvgIpc) is 1.41. The third-order valence-electron chi connectivity index (χ3n) is 0.500. The summed E-state index contributed by atoms with van der Waals surface area (Å²) in [5.74, 6) is 0. The van der Waals surface area contributed by atoms with Crippen LogP contribution in [0.1, 0.15) is 13.8 Å². The van der Waals surface area contributed by atoms with Crippen molar-refractivity contribution in [3.05, 3.63) is 0 Å². The van der Waals surface area contributed by atoms with Crippen LogP contribution in [0.25, 0.3) is 0 Å². The topological polar surface area (TPSA) is 0 Å².